The third kappa shape index (κ3) is 20.4. The number of alkyl halides is 3. The molecule has 1 aliphatic carbocycles. The number of nitrogens with zero attached hydrogens (tertiary/aromatic N) is 2. The van der Waals surface area contributed by atoms with Crippen LogP contribution in [0.4, 0.5) is 29.6 Å². The zero-order valence-electron chi connectivity index (χ0n) is 34.6. The van der Waals surface area contributed by atoms with Crippen molar-refractivity contribution in [3.63, 3.8) is 0 Å². The number of unbranched alkanes of at least 4 members (excludes halogenated alkanes) is 1. The van der Waals surface area contributed by atoms with Crippen molar-refractivity contribution in [3.8, 4) is 5.88 Å². The molecule has 1 saturated carbocycles. The number of halogens is 3. The van der Waals surface area contributed by atoms with Crippen LogP contribution in [0.5, 0.6) is 5.88 Å². The van der Waals surface area contributed by atoms with Crippen molar-refractivity contribution in [2.24, 2.45) is 0 Å². The topological polar surface area (TPSA) is 155 Å². The van der Waals surface area contributed by atoms with E-state index in [0.29, 0.717) is 47.8 Å². The lowest BCUT2D eigenvalue weighted by molar-refractivity contribution is -0.140. The number of hydrogen-bond donors (Lipinski definition) is 4. The van der Waals surface area contributed by atoms with Gasteiger partial charge >= 0.3 is 12.3 Å². The standard InChI is InChI=1S/C43H59F3N6O5S3/c1-4-5-6-7-8-9-10-11-12-13-14-15-16-17-18-19-20-21-39(53)48-28-30-58-59-31-29-49-42(54)57-34(3)33(2)56-40-38(43(44,45)46)32-50-41(52-40)51-35-22-24-36(25-23-35)60(47,55)37-26-27-37/h5-6,8-9,11-12,14-15,17-18,22-25,32-34,37,47H,4,7,10,13,16,19-21,26-31H2,1-3H3,(H,48,53)(H,49,54)(H,50,51,52)/b6-5-,9-8-,12-11-,15-14-,18-17-/t33-,34-,60?/m1/s1. The maximum absolute atomic E-state index is 13.8. The summed E-state index contributed by atoms with van der Waals surface area (Å²) < 4.78 is 73.2. The molecule has 11 nitrogen and oxygen atoms in total. The van der Waals surface area contributed by atoms with Gasteiger partial charge in [-0.25, -0.2) is 18.8 Å². The Labute approximate surface area is 361 Å². The quantitative estimate of drug-likeness (QED) is 0.0368. The third-order valence-electron chi connectivity index (χ3n) is 8.74. The molecule has 1 aliphatic rings. The Balaban J connectivity index is 1.24. The zero-order valence-corrected chi connectivity index (χ0v) is 37.0. The van der Waals surface area contributed by atoms with E-state index in [4.69, 9.17) is 14.3 Å². The van der Waals surface area contributed by atoms with Crippen LogP contribution in [0.3, 0.4) is 0 Å². The van der Waals surface area contributed by atoms with E-state index < -0.39 is 45.6 Å². The van der Waals surface area contributed by atoms with Gasteiger partial charge in [0.25, 0.3) is 0 Å². The molecular formula is C43H59F3N6O5S3. The Morgan fingerprint density at radius 3 is 2.02 bits per heavy atom. The van der Waals surface area contributed by atoms with Crippen molar-refractivity contribution in [1.29, 1.82) is 4.78 Å². The van der Waals surface area contributed by atoms with Crippen LogP contribution in [0.15, 0.2) is 96.1 Å². The average molecular weight is 893 g/mol. The maximum atomic E-state index is 13.8. The van der Waals surface area contributed by atoms with Gasteiger partial charge < -0.3 is 25.4 Å². The van der Waals surface area contributed by atoms with E-state index in [2.05, 4.69) is 93.6 Å². The van der Waals surface area contributed by atoms with E-state index in [1.807, 2.05) is 0 Å². The van der Waals surface area contributed by atoms with Crippen LogP contribution in [0.25, 0.3) is 0 Å². The van der Waals surface area contributed by atoms with E-state index in [1.165, 1.54) is 24.6 Å². The fourth-order valence-corrected chi connectivity index (χ4v) is 8.67. The molecule has 0 spiro atoms. The van der Waals surface area contributed by atoms with Crippen LogP contribution in [0, 0.1) is 4.78 Å². The first-order chi connectivity index (χ1) is 28.8. The van der Waals surface area contributed by atoms with Crippen LogP contribution >= 0.6 is 21.6 Å². The monoisotopic (exact) mass is 892 g/mol. The molecule has 0 radical (unpaired) electrons. The summed E-state index contributed by atoms with van der Waals surface area (Å²) in [6, 6.07) is 6.19. The molecule has 4 N–H and O–H groups in total. The Kier molecular flexibility index (Phi) is 23.1. The number of carbonyl (C=O) groups is 2. The SMILES string of the molecule is CC/C=C\C/C=C\C/C=C\C/C=C\C/C=C\CCCC(=O)NCCSSCCNC(=O)O[C@H](C)[C@@H](C)Oc1nc(Nc2ccc(S(=N)(=O)C3CC3)cc2)ncc1C(F)(F)F. The Hall–Kier alpha value is -4.22. The number of nitrogens with one attached hydrogen (secondary N) is 4. The lowest BCUT2D eigenvalue weighted by Gasteiger charge is -2.23. The molecule has 1 aromatic carbocycles. The van der Waals surface area contributed by atoms with Gasteiger partial charge in [0.05, 0.1) is 9.73 Å². The van der Waals surface area contributed by atoms with Crippen LogP contribution in [-0.2, 0) is 25.4 Å². The molecule has 330 valence electrons. The van der Waals surface area contributed by atoms with Gasteiger partial charge in [0, 0.05) is 53.0 Å². The summed E-state index contributed by atoms with van der Waals surface area (Å²) >= 11 is 0. The smallest absolute Gasteiger partial charge is 0.423 e. The minimum absolute atomic E-state index is 0.0190. The molecule has 0 bridgehead atoms. The van der Waals surface area contributed by atoms with E-state index in [1.54, 1.807) is 35.1 Å². The highest BCUT2D eigenvalue weighted by molar-refractivity contribution is 8.76. The third-order valence-corrected chi connectivity index (χ3v) is 13.5. The molecule has 17 heteroatoms. The van der Waals surface area contributed by atoms with Crippen LogP contribution in [0.1, 0.15) is 90.5 Å². The second kappa shape index (κ2) is 27.6. The first-order valence-electron chi connectivity index (χ1n) is 20.3. The van der Waals surface area contributed by atoms with Gasteiger partial charge in [0.15, 0.2) is 0 Å². The van der Waals surface area contributed by atoms with Gasteiger partial charge in [-0.15, -0.1) is 0 Å². The van der Waals surface area contributed by atoms with Crippen molar-refractivity contribution >= 4 is 55.0 Å². The first kappa shape index (κ1) is 50.1. The second-order valence-electron chi connectivity index (χ2n) is 13.8. The number of rotatable bonds is 28. The molecule has 0 aliphatic heterocycles. The number of carbonyl (C=O) groups excluding carboxylic acids is 2. The highest BCUT2D eigenvalue weighted by atomic mass is 33.1. The van der Waals surface area contributed by atoms with Crippen LogP contribution < -0.4 is 20.7 Å². The number of aromatic nitrogens is 2. The summed E-state index contributed by atoms with van der Waals surface area (Å²) in [4.78, 5) is 32.6. The minimum Gasteiger partial charge on any atom is -0.470 e. The molecule has 2 amide bonds. The van der Waals surface area contributed by atoms with E-state index in [0.717, 1.165) is 57.8 Å². The molecule has 60 heavy (non-hydrogen) atoms. The van der Waals surface area contributed by atoms with Crippen molar-refractivity contribution in [1.82, 2.24) is 20.6 Å². The van der Waals surface area contributed by atoms with Crippen LogP contribution in [0.2, 0.25) is 0 Å². The summed E-state index contributed by atoms with van der Waals surface area (Å²) in [5.41, 5.74) is -0.781. The summed E-state index contributed by atoms with van der Waals surface area (Å²) in [5, 5.41) is 8.19. The van der Waals surface area contributed by atoms with E-state index >= 15 is 0 Å². The first-order valence-corrected chi connectivity index (χ1v) is 24.4. The molecule has 1 unspecified atom stereocenters. The van der Waals surface area contributed by atoms with Crippen LogP contribution in [-0.4, -0.2) is 68.2 Å². The zero-order chi connectivity index (χ0) is 43.6. The summed E-state index contributed by atoms with van der Waals surface area (Å²) in [6.45, 7) is 5.91. The number of benzene rings is 1. The molecule has 2 aromatic rings. The molecule has 1 aromatic heterocycles. The van der Waals surface area contributed by atoms with Crippen molar-refractivity contribution in [3.05, 3.63) is 96.8 Å². The fraction of sp³-hybridized carbons (Fsp3) is 0.488. The van der Waals surface area contributed by atoms with Gasteiger partial charge in [0.1, 0.15) is 17.8 Å². The number of amides is 2. The average Bonchev–Trinajstić information content (AvgIpc) is 4.07. The molecule has 3 atom stereocenters. The normalized spacial score (nSPS) is 15.5. The predicted molar refractivity (Wildman–Crippen MR) is 239 cm³/mol. The van der Waals surface area contributed by atoms with Gasteiger partial charge in [-0.2, -0.15) is 18.2 Å². The Morgan fingerprint density at radius 1 is 0.883 bits per heavy atom. The van der Waals surface area contributed by atoms with E-state index in [9.17, 15) is 27.0 Å². The van der Waals surface area contributed by atoms with Crippen molar-refractivity contribution < 1.29 is 36.4 Å². The highest BCUT2D eigenvalue weighted by Crippen LogP contribution is 2.37. The van der Waals surface area contributed by atoms with Gasteiger partial charge in [-0.05, 0) is 95.9 Å². The minimum atomic E-state index is -4.81. The van der Waals surface area contributed by atoms with Gasteiger partial charge in [-0.1, -0.05) is 89.3 Å². The molecular weight excluding hydrogens is 834 g/mol. The lowest BCUT2D eigenvalue weighted by atomic mass is 10.2. The number of ether oxygens (including phenoxy) is 2. The molecule has 3 rings (SSSR count). The second-order valence-corrected chi connectivity index (χ2v) is 18.9. The summed E-state index contributed by atoms with van der Waals surface area (Å²) in [7, 11) is 0.186. The largest absolute Gasteiger partial charge is 0.470 e. The lowest BCUT2D eigenvalue weighted by Crippen LogP contribution is -2.36. The maximum Gasteiger partial charge on any atom is 0.423 e. The highest BCUT2D eigenvalue weighted by Gasteiger charge is 2.37. The fourth-order valence-electron chi connectivity index (χ4n) is 5.13. The van der Waals surface area contributed by atoms with Gasteiger partial charge in [-0.3, -0.25) is 4.79 Å². The molecule has 1 heterocycles. The van der Waals surface area contributed by atoms with Gasteiger partial charge in [0.2, 0.25) is 17.7 Å². The Morgan fingerprint density at radius 2 is 1.45 bits per heavy atom. The number of hydrogen-bond acceptors (Lipinski definition) is 11. The van der Waals surface area contributed by atoms with E-state index in [-0.39, 0.29) is 17.1 Å². The van der Waals surface area contributed by atoms with Crippen molar-refractivity contribution in [2.45, 2.75) is 114 Å². The Bertz CT molecular complexity index is 1870. The summed E-state index contributed by atoms with van der Waals surface area (Å²) in [6.07, 6.45) is 23.1. The number of anilines is 2. The van der Waals surface area contributed by atoms with Crippen molar-refractivity contribution in [2.75, 3.05) is 29.9 Å². The predicted octanol–water partition coefficient (Wildman–Crippen LogP) is 11.1. The molecule has 0 saturated heterocycles. The number of alkyl carbamates (subject to hydrolysis) is 1. The summed E-state index contributed by atoms with van der Waals surface area (Å²) in [5.74, 6) is 0.366. The molecule has 1 fully saturated rings. The number of allylic oxidation sites excluding steroid dienone is 10.